The average Bonchev–Trinajstić information content (AvgIpc) is 2.75. The van der Waals surface area contributed by atoms with Crippen molar-refractivity contribution in [2.24, 2.45) is 0 Å². The molecular weight excluding hydrogens is 210 g/mol. The van der Waals surface area contributed by atoms with Crippen LogP contribution in [0.5, 0.6) is 0 Å². The van der Waals surface area contributed by atoms with Crippen LogP contribution in [0.15, 0.2) is 4.52 Å². The monoisotopic (exact) mass is 229 g/mol. The molecule has 1 heterocycles. The van der Waals surface area contributed by atoms with E-state index in [9.17, 15) is 0 Å². The van der Waals surface area contributed by atoms with Crippen molar-refractivity contribution < 1.29 is 14.0 Å². The van der Waals surface area contributed by atoms with Gasteiger partial charge in [-0.1, -0.05) is 18.5 Å². The number of methoxy groups -OCH3 is 2. The largest absolute Gasteiger partial charge is 0.383 e. The maximum Gasteiger partial charge on any atom is 0.321 e. The van der Waals surface area contributed by atoms with E-state index in [-0.39, 0.29) is 6.10 Å². The fraction of sp³-hybridized carbons (Fsp3) is 0.800. The topological polar surface area (TPSA) is 69.4 Å². The van der Waals surface area contributed by atoms with Gasteiger partial charge in [0.25, 0.3) is 0 Å². The minimum absolute atomic E-state index is 0.0910. The predicted octanol–water partition coefficient (Wildman–Crippen LogP) is 1.62. The highest BCUT2D eigenvalue weighted by Crippen LogP contribution is 2.19. The fourth-order valence-electron chi connectivity index (χ4n) is 1.31. The predicted molar refractivity (Wildman–Crippen MR) is 59.3 cm³/mol. The first-order valence-electron chi connectivity index (χ1n) is 5.41. The zero-order chi connectivity index (χ0) is 11.8. The zero-order valence-corrected chi connectivity index (χ0v) is 10.0. The third-order valence-corrected chi connectivity index (χ3v) is 2.15. The van der Waals surface area contributed by atoms with E-state index >= 15 is 0 Å². The van der Waals surface area contributed by atoms with Crippen molar-refractivity contribution in [3.05, 3.63) is 5.82 Å². The lowest BCUT2D eigenvalue weighted by molar-refractivity contribution is 0.0854. The third kappa shape index (κ3) is 3.79. The second-order valence-corrected chi connectivity index (χ2v) is 3.39. The molecule has 1 atom stereocenters. The molecule has 1 rings (SSSR count). The second-order valence-electron chi connectivity index (χ2n) is 3.39. The summed E-state index contributed by atoms with van der Waals surface area (Å²) in [4.78, 5) is 4.20. The molecule has 6 heteroatoms. The highest BCUT2D eigenvalue weighted by Gasteiger charge is 2.16. The highest BCUT2D eigenvalue weighted by atomic mass is 16.5. The molecule has 0 bridgehead atoms. The Kier molecular flexibility index (Phi) is 5.81. The molecule has 1 N–H and O–H groups in total. The van der Waals surface area contributed by atoms with Crippen LogP contribution in [0.1, 0.15) is 31.7 Å². The molecule has 1 aromatic rings. The van der Waals surface area contributed by atoms with E-state index in [1.807, 2.05) is 0 Å². The summed E-state index contributed by atoms with van der Waals surface area (Å²) in [6.45, 7) is 3.33. The summed E-state index contributed by atoms with van der Waals surface area (Å²) in [5.74, 6) is 0.587. The van der Waals surface area contributed by atoms with Gasteiger partial charge in [0.15, 0.2) is 0 Å². The molecule has 0 spiro atoms. The minimum atomic E-state index is -0.0910. The zero-order valence-electron chi connectivity index (χ0n) is 10.0. The number of hydrogen-bond acceptors (Lipinski definition) is 6. The van der Waals surface area contributed by atoms with Gasteiger partial charge in [0.2, 0.25) is 5.82 Å². The normalized spacial score (nSPS) is 12.7. The van der Waals surface area contributed by atoms with Gasteiger partial charge in [0, 0.05) is 20.8 Å². The van der Waals surface area contributed by atoms with Crippen molar-refractivity contribution in [2.45, 2.75) is 25.9 Å². The molecule has 0 aliphatic rings. The summed E-state index contributed by atoms with van der Waals surface area (Å²) in [6, 6.07) is 0.408. The van der Waals surface area contributed by atoms with Crippen LogP contribution < -0.4 is 5.32 Å². The summed E-state index contributed by atoms with van der Waals surface area (Å²) >= 11 is 0. The molecule has 0 fully saturated rings. The number of nitrogens with zero attached hydrogens (tertiary/aromatic N) is 2. The van der Waals surface area contributed by atoms with Gasteiger partial charge >= 0.3 is 6.01 Å². The molecule has 0 aliphatic carbocycles. The molecule has 0 saturated carbocycles. The number of rotatable bonds is 8. The number of nitrogens with one attached hydrogen (secondary N) is 1. The minimum Gasteiger partial charge on any atom is -0.383 e. The lowest BCUT2D eigenvalue weighted by atomic mass is 10.2. The van der Waals surface area contributed by atoms with Gasteiger partial charge in [-0.3, -0.25) is 0 Å². The summed E-state index contributed by atoms with van der Waals surface area (Å²) in [5.41, 5.74) is 0. The van der Waals surface area contributed by atoms with E-state index in [1.54, 1.807) is 14.2 Å². The van der Waals surface area contributed by atoms with E-state index in [0.29, 0.717) is 25.0 Å². The van der Waals surface area contributed by atoms with E-state index in [0.717, 1.165) is 12.8 Å². The van der Waals surface area contributed by atoms with Gasteiger partial charge in [0.1, 0.15) is 6.10 Å². The summed E-state index contributed by atoms with van der Waals surface area (Å²) in [6.07, 6.45) is 1.80. The van der Waals surface area contributed by atoms with E-state index < -0.39 is 0 Å². The molecule has 16 heavy (non-hydrogen) atoms. The molecule has 0 aromatic carbocycles. The molecule has 1 unspecified atom stereocenters. The number of hydrogen-bond donors (Lipinski definition) is 1. The summed E-state index contributed by atoms with van der Waals surface area (Å²) < 4.78 is 15.2. The van der Waals surface area contributed by atoms with Crippen LogP contribution in [-0.4, -0.2) is 37.5 Å². The van der Waals surface area contributed by atoms with E-state index in [1.165, 1.54) is 0 Å². The standard InChI is InChI=1S/C10H19N3O3/c1-4-5-8(15-3)9-12-10(16-13-9)11-6-7-14-2/h8H,4-7H2,1-3H3,(H,11,12,13). The van der Waals surface area contributed by atoms with Gasteiger partial charge in [-0.2, -0.15) is 4.98 Å². The van der Waals surface area contributed by atoms with Crippen LogP contribution in [0, 0.1) is 0 Å². The average molecular weight is 229 g/mol. The molecule has 0 amide bonds. The number of ether oxygens (including phenoxy) is 2. The molecule has 6 nitrogen and oxygen atoms in total. The molecule has 92 valence electrons. The maximum atomic E-state index is 5.28. The first-order valence-corrected chi connectivity index (χ1v) is 5.41. The van der Waals surface area contributed by atoms with Crippen LogP contribution in [-0.2, 0) is 9.47 Å². The Bertz CT molecular complexity index is 291. The Labute approximate surface area is 95.3 Å². The first kappa shape index (κ1) is 12.9. The van der Waals surface area contributed by atoms with Crippen molar-refractivity contribution in [3.63, 3.8) is 0 Å². The Hall–Kier alpha value is -1.14. The van der Waals surface area contributed by atoms with Crippen LogP contribution >= 0.6 is 0 Å². The van der Waals surface area contributed by atoms with Crippen molar-refractivity contribution in [3.8, 4) is 0 Å². The van der Waals surface area contributed by atoms with Gasteiger partial charge in [-0.25, -0.2) is 0 Å². The summed E-state index contributed by atoms with van der Waals surface area (Å²) in [7, 11) is 3.29. The molecular formula is C10H19N3O3. The van der Waals surface area contributed by atoms with Gasteiger partial charge < -0.3 is 19.3 Å². The number of anilines is 1. The smallest absolute Gasteiger partial charge is 0.321 e. The Morgan fingerprint density at radius 2 is 2.25 bits per heavy atom. The lowest BCUT2D eigenvalue weighted by Gasteiger charge is -2.08. The lowest BCUT2D eigenvalue weighted by Crippen LogP contribution is -2.08. The SMILES string of the molecule is CCCC(OC)c1noc(NCCOC)n1. The molecule has 1 aromatic heterocycles. The maximum absolute atomic E-state index is 5.28. The Morgan fingerprint density at radius 1 is 1.44 bits per heavy atom. The first-order chi connectivity index (χ1) is 7.81. The highest BCUT2D eigenvalue weighted by molar-refractivity contribution is 5.18. The molecule has 0 aliphatic heterocycles. The van der Waals surface area contributed by atoms with E-state index in [4.69, 9.17) is 14.0 Å². The molecule has 0 saturated heterocycles. The third-order valence-electron chi connectivity index (χ3n) is 2.15. The Balaban J connectivity index is 2.48. The second kappa shape index (κ2) is 7.19. The quantitative estimate of drug-likeness (QED) is 0.683. The summed E-state index contributed by atoms with van der Waals surface area (Å²) in [5, 5.41) is 6.84. The van der Waals surface area contributed by atoms with Crippen molar-refractivity contribution >= 4 is 6.01 Å². The molecule has 0 radical (unpaired) electrons. The van der Waals surface area contributed by atoms with E-state index in [2.05, 4.69) is 22.4 Å². The Morgan fingerprint density at radius 3 is 2.88 bits per heavy atom. The van der Waals surface area contributed by atoms with Crippen LogP contribution in [0.25, 0.3) is 0 Å². The van der Waals surface area contributed by atoms with Crippen LogP contribution in [0.2, 0.25) is 0 Å². The van der Waals surface area contributed by atoms with Gasteiger partial charge in [-0.15, -0.1) is 0 Å². The van der Waals surface area contributed by atoms with Crippen molar-refractivity contribution in [1.82, 2.24) is 10.1 Å². The van der Waals surface area contributed by atoms with Crippen molar-refractivity contribution in [2.75, 3.05) is 32.7 Å². The van der Waals surface area contributed by atoms with Crippen molar-refractivity contribution in [1.29, 1.82) is 0 Å². The van der Waals surface area contributed by atoms with Gasteiger partial charge in [0.05, 0.1) is 6.61 Å². The number of aromatic nitrogens is 2. The van der Waals surface area contributed by atoms with Crippen LogP contribution in [0.4, 0.5) is 6.01 Å². The fourth-order valence-corrected chi connectivity index (χ4v) is 1.31. The van der Waals surface area contributed by atoms with Crippen LogP contribution in [0.3, 0.4) is 0 Å². The van der Waals surface area contributed by atoms with Gasteiger partial charge in [-0.05, 0) is 6.42 Å².